The molecule has 2 aromatic rings. The van der Waals surface area contributed by atoms with E-state index in [1.54, 1.807) is 4.90 Å². The fraction of sp³-hybridized carbons (Fsp3) is 0.364. The Morgan fingerprint density at radius 1 is 1.10 bits per heavy atom. The summed E-state index contributed by atoms with van der Waals surface area (Å²) in [7, 11) is 0. The number of terminal acetylenes is 1. The van der Waals surface area contributed by atoms with Crippen LogP contribution < -0.4 is 10.1 Å². The summed E-state index contributed by atoms with van der Waals surface area (Å²) in [5.74, 6) is 3.22. The van der Waals surface area contributed by atoms with Crippen molar-refractivity contribution in [3.63, 3.8) is 0 Å². The molecule has 1 aliphatic heterocycles. The highest BCUT2D eigenvalue weighted by atomic mass is 32.1. The van der Waals surface area contributed by atoms with Crippen molar-refractivity contribution >= 4 is 23.3 Å². The number of rotatable bonds is 6. The van der Waals surface area contributed by atoms with Crippen molar-refractivity contribution in [3.8, 4) is 18.1 Å². The number of nitrogens with one attached hydrogen (secondary N) is 1. The van der Waals surface area contributed by atoms with E-state index in [1.165, 1.54) is 11.3 Å². The lowest BCUT2D eigenvalue weighted by atomic mass is 10.1. The molecule has 0 unspecified atom stereocenters. The van der Waals surface area contributed by atoms with Crippen LogP contribution in [0.15, 0.2) is 36.4 Å². The van der Waals surface area contributed by atoms with E-state index in [0.29, 0.717) is 32.7 Å². The van der Waals surface area contributed by atoms with Gasteiger partial charge in [0.15, 0.2) is 0 Å². The van der Waals surface area contributed by atoms with Gasteiger partial charge in [-0.2, -0.15) is 0 Å². The molecule has 6 nitrogen and oxygen atoms in total. The molecule has 3 rings (SSSR count). The number of amides is 3. The fourth-order valence-corrected chi connectivity index (χ4v) is 3.96. The minimum Gasteiger partial charge on any atom is -0.481 e. The number of thiophene rings is 1. The molecule has 152 valence electrons. The van der Waals surface area contributed by atoms with Crippen LogP contribution in [-0.2, 0) is 6.42 Å². The standard InChI is InChI=1S/C22H25N3O3S/c1-3-16-28-19-7-5-18(6-8-19)10-11-23-22(27)25-14-12-24(13-15-25)21(26)20-9-4-17(2)29-20/h1,4-9H,10-16H2,2H3,(H,23,27). The largest absolute Gasteiger partial charge is 0.481 e. The molecule has 2 heterocycles. The molecule has 0 radical (unpaired) electrons. The van der Waals surface area contributed by atoms with E-state index in [4.69, 9.17) is 11.2 Å². The van der Waals surface area contributed by atoms with Crippen molar-refractivity contribution in [1.29, 1.82) is 0 Å². The SMILES string of the molecule is C#CCOc1ccc(CCNC(=O)N2CCN(C(=O)c3ccc(C)s3)CC2)cc1. The molecule has 1 aromatic heterocycles. The van der Waals surface area contributed by atoms with Gasteiger partial charge in [0.1, 0.15) is 12.4 Å². The quantitative estimate of drug-likeness (QED) is 0.744. The van der Waals surface area contributed by atoms with Gasteiger partial charge in [-0.15, -0.1) is 17.8 Å². The van der Waals surface area contributed by atoms with Crippen LogP contribution >= 0.6 is 11.3 Å². The van der Waals surface area contributed by atoms with Gasteiger partial charge in [0.25, 0.3) is 5.91 Å². The van der Waals surface area contributed by atoms with Gasteiger partial charge in [-0.3, -0.25) is 4.79 Å². The van der Waals surface area contributed by atoms with Crippen LogP contribution in [0.25, 0.3) is 0 Å². The van der Waals surface area contributed by atoms with Crippen LogP contribution in [0.3, 0.4) is 0 Å². The van der Waals surface area contributed by atoms with Gasteiger partial charge in [-0.1, -0.05) is 18.1 Å². The molecule has 0 saturated carbocycles. The second-order valence-corrected chi connectivity index (χ2v) is 8.10. The Bertz CT molecular complexity index is 877. The number of hydrogen-bond acceptors (Lipinski definition) is 4. The van der Waals surface area contributed by atoms with Crippen LogP contribution in [0.4, 0.5) is 4.79 Å². The van der Waals surface area contributed by atoms with Gasteiger partial charge in [0.2, 0.25) is 0 Å². The molecule has 0 spiro atoms. The molecular weight excluding hydrogens is 386 g/mol. The van der Waals surface area contributed by atoms with Gasteiger partial charge < -0.3 is 19.9 Å². The Hall–Kier alpha value is -2.98. The van der Waals surface area contributed by atoms with E-state index in [0.717, 1.165) is 27.5 Å². The highest BCUT2D eigenvalue weighted by Crippen LogP contribution is 2.18. The molecule has 0 atom stereocenters. The predicted octanol–water partition coefficient (Wildman–Crippen LogP) is 2.78. The van der Waals surface area contributed by atoms with Crippen LogP contribution in [0.1, 0.15) is 20.1 Å². The Morgan fingerprint density at radius 2 is 1.79 bits per heavy atom. The molecule has 1 aliphatic rings. The zero-order chi connectivity index (χ0) is 20.6. The summed E-state index contributed by atoms with van der Waals surface area (Å²) in [4.78, 5) is 30.4. The molecular formula is C22H25N3O3S. The van der Waals surface area contributed by atoms with Gasteiger partial charge in [0, 0.05) is 37.6 Å². The number of carbonyl (C=O) groups is 2. The van der Waals surface area contributed by atoms with E-state index < -0.39 is 0 Å². The normalized spacial score (nSPS) is 13.7. The highest BCUT2D eigenvalue weighted by molar-refractivity contribution is 7.13. The Morgan fingerprint density at radius 3 is 2.41 bits per heavy atom. The van der Waals surface area contributed by atoms with Crippen molar-refractivity contribution in [1.82, 2.24) is 15.1 Å². The maximum Gasteiger partial charge on any atom is 0.317 e. The van der Waals surface area contributed by atoms with E-state index in [2.05, 4.69) is 11.2 Å². The summed E-state index contributed by atoms with van der Waals surface area (Å²) in [6, 6.07) is 11.4. The average molecular weight is 412 g/mol. The average Bonchev–Trinajstić information content (AvgIpc) is 3.19. The van der Waals surface area contributed by atoms with Crippen molar-refractivity contribution < 1.29 is 14.3 Å². The number of carbonyl (C=O) groups excluding carboxylic acids is 2. The topological polar surface area (TPSA) is 61.9 Å². The van der Waals surface area contributed by atoms with Gasteiger partial charge in [-0.25, -0.2) is 4.79 Å². The molecule has 1 N–H and O–H groups in total. The third-order valence-corrected chi connectivity index (χ3v) is 5.73. The Balaban J connectivity index is 1.38. The lowest BCUT2D eigenvalue weighted by molar-refractivity contribution is 0.0670. The zero-order valence-corrected chi connectivity index (χ0v) is 17.3. The van der Waals surface area contributed by atoms with Crippen molar-refractivity contribution in [2.75, 3.05) is 39.3 Å². The van der Waals surface area contributed by atoms with Gasteiger partial charge in [-0.05, 0) is 43.2 Å². The third kappa shape index (κ3) is 5.75. The molecule has 7 heteroatoms. The summed E-state index contributed by atoms with van der Waals surface area (Å²) >= 11 is 1.51. The van der Waals surface area contributed by atoms with Crippen molar-refractivity contribution in [2.24, 2.45) is 0 Å². The summed E-state index contributed by atoms with van der Waals surface area (Å²) in [6.45, 7) is 5.00. The Labute approximate surface area is 175 Å². The van der Waals surface area contributed by atoms with Crippen LogP contribution in [0.2, 0.25) is 0 Å². The first kappa shape index (κ1) is 20.7. The third-order valence-electron chi connectivity index (χ3n) is 4.74. The maximum absolute atomic E-state index is 12.5. The molecule has 1 fully saturated rings. The number of urea groups is 1. The number of benzene rings is 1. The van der Waals surface area contributed by atoms with Crippen molar-refractivity contribution in [2.45, 2.75) is 13.3 Å². The zero-order valence-electron chi connectivity index (χ0n) is 16.5. The number of ether oxygens (including phenoxy) is 1. The second kappa shape index (κ2) is 9.99. The van der Waals surface area contributed by atoms with Crippen LogP contribution in [0.5, 0.6) is 5.75 Å². The highest BCUT2D eigenvalue weighted by Gasteiger charge is 2.25. The number of hydrogen-bond donors (Lipinski definition) is 1. The molecule has 0 bridgehead atoms. The lowest BCUT2D eigenvalue weighted by Crippen LogP contribution is -2.53. The maximum atomic E-state index is 12.5. The molecule has 1 saturated heterocycles. The van der Waals surface area contributed by atoms with Crippen molar-refractivity contribution in [3.05, 3.63) is 51.7 Å². The van der Waals surface area contributed by atoms with Gasteiger partial charge >= 0.3 is 6.03 Å². The summed E-state index contributed by atoms with van der Waals surface area (Å²) < 4.78 is 5.35. The van der Waals surface area contributed by atoms with Crippen LogP contribution in [0, 0.1) is 19.3 Å². The van der Waals surface area contributed by atoms with Crippen LogP contribution in [-0.4, -0.2) is 61.1 Å². The Kier molecular flexibility index (Phi) is 7.14. The van der Waals surface area contributed by atoms with E-state index in [9.17, 15) is 9.59 Å². The number of piperazine rings is 1. The first-order valence-electron chi connectivity index (χ1n) is 9.60. The first-order chi connectivity index (χ1) is 14.1. The molecule has 3 amide bonds. The monoisotopic (exact) mass is 411 g/mol. The molecule has 1 aromatic carbocycles. The smallest absolute Gasteiger partial charge is 0.317 e. The predicted molar refractivity (Wildman–Crippen MR) is 114 cm³/mol. The molecule has 0 aliphatic carbocycles. The van der Waals surface area contributed by atoms with E-state index in [1.807, 2.05) is 48.2 Å². The summed E-state index contributed by atoms with van der Waals surface area (Å²) in [5, 5.41) is 2.96. The fourth-order valence-electron chi connectivity index (χ4n) is 3.12. The summed E-state index contributed by atoms with van der Waals surface area (Å²) in [5.41, 5.74) is 1.11. The minimum absolute atomic E-state index is 0.0535. The van der Waals surface area contributed by atoms with E-state index >= 15 is 0 Å². The minimum atomic E-state index is -0.0851. The first-order valence-corrected chi connectivity index (χ1v) is 10.4. The number of nitrogens with zero attached hydrogens (tertiary/aromatic N) is 2. The number of aryl methyl sites for hydroxylation is 1. The lowest BCUT2D eigenvalue weighted by Gasteiger charge is -2.34. The van der Waals surface area contributed by atoms with Gasteiger partial charge in [0.05, 0.1) is 4.88 Å². The molecule has 29 heavy (non-hydrogen) atoms. The second-order valence-electron chi connectivity index (χ2n) is 6.81. The van der Waals surface area contributed by atoms with E-state index in [-0.39, 0.29) is 18.5 Å². The summed E-state index contributed by atoms with van der Waals surface area (Å²) in [6.07, 6.45) is 5.91.